The number of para-hydroxylation sites is 3. The largest absolute Gasteiger partial charge is 0.495 e. The third-order valence-corrected chi connectivity index (χ3v) is 5.83. The van der Waals surface area contributed by atoms with Crippen LogP contribution in [-0.2, 0) is 6.42 Å². The molecule has 6 heteroatoms. The Kier molecular flexibility index (Phi) is 4.82. The molecule has 0 fully saturated rings. The average Bonchev–Trinajstić information content (AvgIpc) is 3.18. The third-order valence-electron chi connectivity index (χ3n) is 5.83. The van der Waals surface area contributed by atoms with Crippen LogP contribution in [0.3, 0.4) is 0 Å². The maximum Gasteiger partial charge on any atom is 0.322 e. The lowest BCUT2D eigenvalue weighted by atomic mass is 9.92. The number of urea groups is 1. The zero-order chi connectivity index (χ0) is 21.4. The van der Waals surface area contributed by atoms with Gasteiger partial charge < -0.3 is 19.9 Å². The lowest BCUT2D eigenvalue weighted by Crippen LogP contribution is -2.43. The van der Waals surface area contributed by atoms with E-state index in [1.165, 1.54) is 17.7 Å². The van der Waals surface area contributed by atoms with Crippen LogP contribution in [0.5, 0.6) is 5.75 Å². The molecule has 0 bridgehead atoms. The van der Waals surface area contributed by atoms with E-state index >= 15 is 0 Å². The number of aromatic nitrogens is 1. The first-order valence-corrected chi connectivity index (χ1v) is 10.2. The molecule has 0 unspecified atom stereocenters. The Morgan fingerprint density at radius 3 is 2.61 bits per heavy atom. The van der Waals surface area contributed by atoms with Crippen molar-refractivity contribution < 1.29 is 13.9 Å². The molecule has 3 aromatic carbocycles. The summed E-state index contributed by atoms with van der Waals surface area (Å²) < 4.78 is 19.0. The fraction of sp³-hybridized carbons (Fsp3) is 0.160. The summed E-state index contributed by atoms with van der Waals surface area (Å²) in [5, 5.41) is 4.14. The van der Waals surface area contributed by atoms with E-state index in [-0.39, 0.29) is 17.9 Å². The van der Waals surface area contributed by atoms with E-state index in [9.17, 15) is 9.18 Å². The Balaban J connectivity index is 1.57. The summed E-state index contributed by atoms with van der Waals surface area (Å²) in [6.45, 7) is 0.540. The van der Waals surface area contributed by atoms with Crippen molar-refractivity contribution in [1.82, 2.24) is 9.88 Å². The number of hydrogen-bond donors (Lipinski definition) is 2. The molecular formula is C25H22FN3O2. The van der Waals surface area contributed by atoms with Gasteiger partial charge in [-0.25, -0.2) is 9.18 Å². The smallest absolute Gasteiger partial charge is 0.322 e. The van der Waals surface area contributed by atoms with Crippen molar-refractivity contribution in [2.75, 3.05) is 19.0 Å². The molecule has 1 aromatic heterocycles. The lowest BCUT2D eigenvalue weighted by molar-refractivity contribution is 0.193. The van der Waals surface area contributed by atoms with Gasteiger partial charge in [0, 0.05) is 23.1 Å². The minimum Gasteiger partial charge on any atom is -0.495 e. The topological polar surface area (TPSA) is 57.4 Å². The highest BCUT2D eigenvalue weighted by molar-refractivity contribution is 5.92. The van der Waals surface area contributed by atoms with Crippen LogP contribution < -0.4 is 10.1 Å². The molecule has 5 rings (SSSR count). The van der Waals surface area contributed by atoms with Crippen molar-refractivity contribution in [3.63, 3.8) is 0 Å². The molecule has 0 spiro atoms. The Labute approximate surface area is 179 Å². The SMILES string of the molecule is COc1ccccc1NC(=O)N1CCc2c([nH]c3ccccc23)[C@@H]1c1ccc(F)cc1. The molecule has 1 aliphatic rings. The molecule has 5 nitrogen and oxygen atoms in total. The standard InChI is InChI=1S/C25H22FN3O2/c1-31-22-9-5-4-8-21(22)28-25(30)29-15-14-19-18-6-2-3-7-20(18)27-23(19)24(29)16-10-12-17(26)13-11-16/h2-13,24,27H,14-15H2,1H3,(H,28,30)/t24-/m0/s1. The molecule has 0 saturated carbocycles. The number of nitrogens with zero attached hydrogens (tertiary/aromatic N) is 1. The maximum absolute atomic E-state index is 13.6. The van der Waals surface area contributed by atoms with Gasteiger partial charge in [0.2, 0.25) is 0 Å². The summed E-state index contributed by atoms with van der Waals surface area (Å²) in [5.74, 6) is 0.291. The minimum absolute atomic E-state index is 0.233. The molecule has 2 heterocycles. The zero-order valence-corrected chi connectivity index (χ0v) is 17.1. The number of carbonyl (C=O) groups is 1. The minimum atomic E-state index is -0.355. The van der Waals surface area contributed by atoms with Gasteiger partial charge in [-0.2, -0.15) is 0 Å². The summed E-state index contributed by atoms with van der Waals surface area (Å²) in [6.07, 6.45) is 0.733. The van der Waals surface area contributed by atoms with Gasteiger partial charge in [-0.05, 0) is 47.9 Å². The van der Waals surface area contributed by atoms with Crippen molar-refractivity contribution in [3.8, 4) is 5.75 Å². The van der Waals surface area contributed by atoms with Gasteiger partial charge >= 0.3 is 6.03 Å². The molecule has 0 radical (unpaired) electrons. The number of ether oxygens (including phenoxy) is 1. The second-order valence-electron chi connectivity index (χ2n) is 7.59. The van der Waals surface area contributed by atoms with Crippen LogP contribution >= 0.6 is 0 Å². The Bertz CT molecular complexity index is 1250. The Morgan fingerprint density at radius 1 is 1.06 bits per heavy atom. The summed E-state index contributed by atoms with van der Waals surface area (Å²) in [4.78, 5) is 18.7. The van der Waals surface area contributed by atoms with E-state index in [0.29, 0.717) is 18.0 Å². The quantitative estimate of drug-likeness (QED) is 0.465. The number of carbonyl (C=O) groups excluding carboxylic acids is 1. The number of aromatic amines is 1. The number of methoxy groups -OCH3 is 1. The highest BCUT2D eigenvalue weighted by Gasteiger charge is 2.34. The number of fused-ring (bicyclic) bond motifs is 3. The van der Waals surface area contributed by atoms with Gasteiger partial charge in [-0.1, -0.05) is 42.5 Å². The number of amides is 2. The molecule has 4 aromatic rings. The summed E-state index contributed by atoms with van der Waals surface area (Å²) in [5.41, 5.74) is 4.66. The summed E-state index contributed by atoms with van der Waals surface area (Å²) in [6, 6.07) is 21.2. The Morgan fingerprint density at radius 2 is 1.81 bits per heavy atom. The highest BCUT2D eigenvalue weighted by Crippen LogP contribution is 2.39. The number of anilines is 1. The fourth-order valence-electron chi connectivity index (χ4n) is 4.39. The monoisotopic (exact) mass is 415 g/mol. The van der Waals surface area contributed by atoms with Gasteiger partial charge in [0.15, 0.2) is 0 Å². The van der Waals surface area contributed by atoms with Crippen LogP contribution in [0.25, 0.3) is 10.9 Å². The van der Waals surface area contributed by atoms with Crippen molar-refractivity contribution in [3.05, 3.63) is 95.4 Å². The van der Waals surface area contributed by atoms with Crippen molar-refractivity contribution >= 4 is 22.6 Å². The van der Waals surface area contributed by atoms with Gasteiger partial charge in [0.05, 0.1) is 18.8 Å². The highest BCUT2D eigenvalue weighted by atomic mass is 19.1. The number of H-pyrrole nitrogens is 1. The van der Waals surface area contributed by atoms with E-state index < -0.39 is 0 Å². The van der Waals surface area contributed by atoms with E-state index in [4.69, 9.17) is 4.74 Å². The molecule has 0 saturated heterocycles. The summed E-state index contributed by atoms with van der Waals surface area (Å²) in [7, 11) is 1.57. The molecule has 0 aliphatic carbocycles. The predicted octanol–water partition coefficient (Wildman–Crippen LogP) is 5.50. The van der Waals surface area contributed by atoms with E-state index in [0.717, 1.165) is 28.6 Å². The second kappa shape index (κ2) is 7.80. The number of benzene rings is 3. The van der Waals surface area contributed by atoms with Crippen molar-refractivity contribution in [2.24, 2.45) is 0 Å². The van der Waals surface area contributed by atoms with Gasteiger partial charge in [0.25, 0.3) is 0 Å². The van der Waals surface area contributed by atoms with Crippen LogP contribution in [0.4, 0.5) is 14.9 Å². The van der Waals surface area contributed by atoms with Crippen LogP contribution in [-0.4, -0.2) is 29.6 Å². The maximum atomic E-state index is 13.6. The lowest BCUT2D eigenvalue weighted by Gasteiger charge is -2.36. The number of hydrogen-bond acceptors (Lipinski definition) is 2. The zero-order valence-electron chi connectivity index (χ0n) is 17.1. The first-order valence-electron chi connectivity index (χ1n) is 10.2. The van der Waals surface area contributed by atoms with E-state index in [2.05, 4.69) is 16.4 Å². The normalized spacial score (nSPS) is 15.5. The molecule has 1 aliphatic heterocycles. The third kappa shape index (κ3) is 3.40. The van der Waals surface area contributed by atoms with Gasteiger partial charge in [0.1, 0.15) is 11.6 Å². The van der Waals surface area contributed by atoms with Gasteiger partial charge in [-0.3, -0.25) is 0 Å². The first kappa shape index (κ1) is 19.2. The van der Waals surface area contributed by atoms with Crippen LogP contribution in [0.15, 0.2) is 72.8 Å². The molecule has 156 valence electrons. The van der Waals surface area contributed by atoms with E-state index in [1.807, 2.05) is 36.4 Å². The molecule has 2 amide bonds. The molecule has 31 heavy (non-hydrogen) atoms. The first-order chi connectivity index (χ1) is 15.2. The number of nitrogens with one attached hydrogen (secondary N) is 2. The molecular weight excluding hydrogens is 393 g/mol. The number of halogens is 1. The van der Waals surface area contributed by atoms with Crippen LogP contribution in [0.2, 0.25) is 0 Å². The van der Waals surface area contributed by atoms with Crippen molar-refractivity contribution in [2.45, 2.75) is 12.5 Å². The summed E-state index contributed by atoms with van der Waals surface area (Å²) >= 11 is 0. The van der Waals surface area contributed by atoms with E-state index in [1.54, 1.807) is 30.2 Å². The molecule has 1 atom stereocenters. The second-order valence-corrected chi connectivity index (χ2v) is 7.59. The van der Waals surface area contributed by atoms with Crippen LogP contribution in [0.1, 0.15) is 22.9 Å². The average molecular weight is 415 g/mol. The Hall–Kier alpha value is -3.80. The van der Waals surface area contributed by atoms with Crippen LogP contribution in [0, 0.1) is 5.82 Å². The molecule has 2 N–H and O–H groups in total. The fourth-order valence-corrected chi connectivity index (χ4v) is 4.39. The van der Waals surface area contributed by atoms with Crippen molar-refractivity contribution in [1.29, 1.82) is 0 Å². The number of rotatable bonds is 3. The van der Waals surface area contributed by atoms with Gasteiger partial charge in [-0.15, -0.1) is 0 Å². The predicted molar refractivity (Wildman–Crippen MR) is 119 cm³/mol.